The smallest absolute Gasteiger partial charge is 0.339 e. The zero-order valence-electron chi connectivity index (χ0n) is 5.81. The van der Waals surface area contributed by atoms with Gasteiger partial charge in [0.15, 0.2) is 6.29 Å². The molecule has 0 aliphatic rings. The number of carboxylic acids is 1. The number of carbonyl (C=O) groups excluding carboxylic acids is 1. The average molecular weight is 154 g/mol. The van der Waals surface area contributed by atoms with Crippen LogP contribution in [0.15, 0.2) is 6.20 Å². The zero-order chi connectivity index (χ0) is 8.43. The molecule has 0 aliphatic carbocycles. The Morgan fingerprint density at radius 3 is 2.82 bits per heavy atom. The Kier molecular flexibility index (Phi) is 1.72. The number of carboxylic acid groups (broad SMARTS) is 1. The molecule has 1 aromatic heterocycles. The van der Waals surface area contributed by atoms with E-state index < -0.39 is 5.97 Å². The van der Waals surface area contributed by atoms with Gasteiger partial charge in [-0.3, -0.25) is 9.48 Å². The molecule has 0 fully saturated rings. The third kappa shape index (κ3) is 1.12. The van der Waals surface area contributed by atoms with Gasteiger partial charge in [0.2, 0.25) is 0 Å². The Bertz CT molecular complexity index is 303. The number of aromatic carboxylic acids is 1. The SMILES string of the molecule is Cn1ncc(C(=O)O)c1C=O. The zero-order valence-corrected chi connectivity index (χ0v) is 5.81. The summed E-state index contributed by atoms with van der Waals surface area (Å²) in [5, 5.41) is 12.1. The van der Waals surface area contributed by atoms with E-state index in [0.29, 0.717) is 6.29 Å². The Morgan fingerprint density at radius 2 is 2.45 bits per heavy atom. The highest BCUT2D eigenvalue weighted by atomic mass is 16.4. The van der Waals surface area contributed by atoms with Gasteiger partial charge in [0.1, 0.15) is 11.3 Å². The molecule has 1 rings (SSSR count). The van der Waals surface area contributed by atoms with Crippen molar-refractivity contribution >= 4 is 12.3 Å². The van der Waals surface area contributed by atoms with Gasteiger partial charge < -0.3 is 5.11 Å². The maximum atomic E-state index is 10.4. The van der Waals surface area contributed by atoms with Crippen LogP contribution in [0, 0.1) is 0 Å². The number of rotatable bonds is 2. The molecule has 0 aromatic carbocycles. The molecule has 0 spiro atoms. The minimum absolute atomic E-state index is 0.0671. The maximum absolute atomic E-state index is 10.4. The molecule has 0 saturated heterocycles. The highest BCUT2D eigenvalue weighted by Gasteiger charge is 2.13. The van der Waals surface area contributed by atoms with Gasteiger partial charge in [0.25, 0.3) is 0 Å². The molecule has 0 atom stereocenters. The second-order valence-corrected chi connectivity index (χ2v) is 1.99. The van der Waals surface area contributed by atoms with Crippen molar-refractivity contribution in [2.24, 2.45) is 7.05 Å². The largest absolute Gasteiger partial charge is 0.478 e. The lowest BCUT2D eigenvalue weighted by atomic mass is 10.3. The summed E-state index contributed by atoms with van der Waals surface area (Å²) in [7, 11) is 1.51. The molecule has 0 aliphatic heterocycles. The van der Waals surface area contributed by atoms with E-state index in [4.69, 9.17) is 5.11 Å². The number of aldehydes is 1. The molecule has 1 aromatic rings. The molecule has 0 radical (unpaired) electrons. The fraction of sp³-hybridized carbons (Fsp3) is 0.167. The number of aryl methyl sites for hydroxylation is 1. The topological polar surface area (TPSA) is 72.2 Å². The Labute approximate surface area is 62.3 Å². The van der Waals surface area contributed by atoms with E-state index in [-0.39, 0.29) is 11.3 Å². The van der Waals surface area contributed by atoms with Crippen LogP contribution >= 0.6 is 0 Å². The number of hydrogen-bond donors (Lipinski definition) is 1. The summed E-state index contributed by atoms with van der Waals surface area (Å²) in [6.45, 7) is 0. The average Bonchev–Trinajstić information content (AvgIpc) is 2.30. The van der Waals surface area contributed by atoms with Crippen LogP contribution in [0.2, 0.25) is 0 Å². The fourth-order valence-corrected chi connectivity index (χ4v) is 0.752. The normalized spacial score (nSPS) is 9.55. The number of nitrogens with zero attached hydrogens (tertiary/aromatic N) is 2. The van der Waals surface area contributed by atoms with Gasteiger partial charge in [-0.1, -0.05) is 0 Å². The van der Waals surface area contributed by atoms with E-state index in [1.165, 1.54) is 11.7 Å². The lowest BCUT2D eigenvalue weighted by Crippen LogP contribution is -2.03. The molecule has 5 nitrogen and oxygen atoms in total. The number of carbonyl (C=O) groups is 2. The molecule has 5 heteroatoms. The Balaban J connectivity index is 3.26. The van der Waals surface area contributed by atoms with Crippen molar-refractivity contribution in [3.63, 3.8) is 0 Å². The van der Waals surface area contributed by atoms with Crippen LogP contribution in [0.4, 0.5) is 0 Å². The van der Waals surface area contributed by atoms with Gasteiger partial charge in [-0.15, -0.1) is 0 Å². The van der Waals surface area contributed by atoms with E-state index >= 15 is 0 Å². The minimum atomic E-state index is -1.14. The van der Waals surface area contributed by atoms with Crippen LogP contribution in [-0.4, -0.2) is 27.1 Å². The number of aromatic nitrogens is 2. The maximum Gasteiger partial charge on any atom is 0.339 e. The molecule has 58 valence electrons. The molecular weight excluding hydrogens is 148 g/mol. The highest BCUT2D eigenvalue weighted by molar-refractivity contribution is 5.95. The van der Waals surface area contributed by atoms with Crippen LogP contribution in [0.25, 0.3) is 0 Å². The minimum Gasteiger partial charge on any atom is -0.478 e. The molecule has 1 N–H and O–H groups in total. The second-order valence-electron chi connectivity index (χ2n) is 1.99. The first-order valence-corrected chi connectivity index (χ1v) is 2.87. The first kappa shape index (κ1) is 7.46. The molecule has 11 heavy (non-hydrogen) atoms. The molecular formula is C6H6N2O3. The third-order valence-electron chi connectivity index (χ3n) is 1.33. The first-order valence-electron chi connectivity index (χ1n) is 2.87. The molecule has 0 saturated carbocycles. The van der Waals surface area contributed by atoms with Crippen molar-refractivity contribution in [1.82, 2.24) is 9.78 Å². The highest BCUT2D eigenvalue weighted by Crippen LogP contribution is 2.03. The Hall–Kier alpha value is -1.65. The number of hydrogen-bond acceptors (Lipinski definition) is 3. The summed E-state index contributed by atoms with van der Waals surface area (Å²) in [5.41, 5.74) is 0.0139. The van der Waals surface area contributed by atoms with E-state index in [1.807, 2.05) is 0 Å². The molecule has 1 heterocycles. The van der Waals surface area contributed by atoms with Crippen LogP contribution in [-0.2, 0) is 7.05 Å². The van der Waals surface area contributed by atoms with Crippen molar-refractivity contribution in [3.8, 4) is 0 Å². The van der Waals surface area contributed by atoms with Crippen molar-refractivity contribution in [2.75, 3.05) is 0 Å². The van der Waals surface area contributed by atoms with Crippen LogP contribution in [0.1, 0.15) is 20.8 Å². The van der Waals surface area contributed by atoms with Gasteiger partial charge in [0.05, 0.1) is 6.20 Å². The van der Waals surface area contributed by atoms with Gasteiger partial charge in [0, 0.05) is 7.05 Å². The van der Waals surface area contributed by atoms with Crippen molar-refractivity contribution in [1.29, 1.82) is 0 Å². The van der Waals surface area contributed by atoms with Crippen molar-refractivity contribution < 1.29 is 14.7 Å². The summed E-state index contributed by atoms with van der Waals surface area (Å²) in [6.07, 6.45) is 1.61. The summed E-state index contributed by atoms with van der Waals surface area (Å²) in [6, 6.07) is 0. The summed E-state index contributed by atoms with van der Waals surface area (Å²) in [5.74, 6) is -1.14. The summed E-state index contributed by atoms with van der Waals surface area (Å²) >= 11 is 0. The standard InChI is InChI=1S/C6H6N2O3/c1-8-5(3-9)4(2-7-8)6(10)11/h2-3H,1H3,(H,10,11). The summed E-state index contributed by atoms with van der Waals surface area (Å²) < 4.78 is 1.22. The van der Waals surface area contributed by atoms with E-state index in [9.17, 15) is 9.59 Å². The molecule has 0 bridgehead atoms. The van der Waals surface area contributed by atoms with Gasteiger partial charge >= 0.3 is 5.97 Å². The van der Waals surface area contributed by atoms with Gasteiger partial charge in [-0.25, -0.2) is 4.79 Å². The van der Waals surface area contributed by atoms with Gasteiger partial charge in [-0.2, -0.15) is 5.10 Å². The predicted octanol–water partition coefficient (Wildman–Crippen LogP) is -0.0692. The third-order valence-corrected chi connectivity index (χ3v) is 1.33. The van der Waals surface area contributed by atoms with E-state index in [0.717, 1.165) is 6.20 Å². The second kappa shape index (κ2) is 2.53. The quantitative estimate of drug-likeness (QED) is 0.605. The lowest BCUT2D eigenvalue weighted by Gasteiger charge is -1.91. The van der Waals surface area contributed by atoms with Crippen LogP contribution in [0.5, 0.6) is 0 Å². The van der Waals surface area contributed by atoms with Crippen molar-refractivity contribution in [2.45, 2.75) is 0 Å². The van der Waals surface area contributed by atoms with Crippen LogP contribution < -0.4 is 0 Å². The van der Waals surface area contributed by atoms with E-state index in [2.05, 4.69) is 5.10 Å². The molecule has 0 amide bonds. The summed E-state index contributed by atoms with van der Waals surface area (Å²) in [4.78, 5) is 20.7. The fourth-order valence-electron chi connectivity index (χ4n) is 0.752. The van der Waals surface area contributed by atoms with Crippen molar-refractivity contribution in [3.05, 3.63) is 17.5 Å². The van der Waals surface area contributed by atoms with Crippen LogP contribution in [0.3, 0.4) is 0 Å². The molecule has 0 unspecified atom stereocenters. The van der Waals surface area contributed by atoms with Gasteiger partial charge in [-0.05, 0) is 0 Å². The lowest BCUT2D eigenvalue weighted by molar-refractivity contribution is 0.0693. The first-order chi connectivity index (χ1) is 5.16. The predicted molar refractivity (Wildman–Crippen MR) is 35.6 cm³/mol. The Morgan fingerprint density at radius 1 is 1.82 bits per heavy atom. The van der Waals surface area contributed by atoms with E-state index in [1.54, 1.807) is 0 Å². The monoisotopic (exact) mass is 154 g/mol.